The lowest BCUT2D eigenvalue weighted by atomic mass is 9.95. The lowest BCUT2D eigenvalue weighted by molar-refractivity contribution is 0.0523. The highest BCUT2D eigenvalue weighted by molar-refractivity contribution is 5.23. The summed E-state index contributed by atoms with van der Waals surface area (Å²) < 4.78 is 20.0. The van der Waals surface area contributed by atoms with Crippen molar-refractivity contribution in [3.05, 3.63) is 35.6 Å². The first-order valence-electron chi connectivity index (χ1n) is 8.03. The zero-order valence-corrected chi connectivity index (χ0v) is 13.1. The van der Waals surface area contributed by atoms with E-state index in [1.54, 1.807) is 6.07 Å². The second-order valence-electron chi connectivity index (χ2n) is 5.76. The molecule has 1 aliphatic heterocycles. The van der Waals surface area contributed by atoms with Crippen molar-refractivity contribution < 1.29 is 9.13 Å². The predicted molar refractivity (Wildman–Crippen MR) is 83.6 cm³/mol. The van der Waals surface area contributed by atoms with Crippen LogP contribution in [0.5, 0.6) is 0 Å². The van der Waals surface area contributed by atoms with Crippen LogP contribution in [-0.2, 0) is 4.74 Å². The average Bonchev–Trinajstić information content (AvgIpc) is 3.01. The molecule has 0 spiro atoms. The average molecular weight is 294 g/mol. The van der Waals surface area contributed by atoms with E-state index in [4.69, 9.17) is 10.5 Å². The number of benzene rings is 1. The van der Waals surface area contributed by atoms with Gasteiger partial charge in [-0.3, -0.25) is 4.90 Å². The van der Waals surface area contributed by atoms with Gasteiger partial charge in [-0.25, -0.2) is 4.39 Å². The molecule has 21 heavy (non-hydrogen) atoms. The van der Waals surface area contributed by atoms with Crippen molar-refractivity contribution in [2.24, 2.45) is 5.73 Å². The Kier molecular flexibility index (Phi) is 6.15. The molecule has 2 N–H and O–H groups in total. The third kappa shape index (κ3) is 4.02. The number of nitrogens with two attached hydrogens (primary N) is 1. The third-order valence-electron chi connectivity index (χ3n) is 4.36. The van der Waals surface area contributed by atoms with E-state index < -0.39 is 0 Å². The Balaban J connectivity index is 2.22. The van der Waals surface area contributed by atoms with Gasteiger partial charge in [-0.1, -0.05) is 32.0 Å². The summed E-state index contributed by atoms with van der Waals surface area (Å²) in [5.41, 5.74) is 7.02. The second kappa shape index (κ2) is 7.87. The van der Waals surface area contributed by atoms with Crippen molar-refractivity contribution in [1.82, 2.24) is 4.90 Å². The number of nitrogens with zero attached hydrogens (tertiary/aromatic N) is 1. The minimum Gasteiger partial charge on any atom is -0.377 e. The van der Waals surface area contributed by atoms with Gasteiger partial charge >= 0.3 is 0 Å². The predicted octanol–water partition coefficient (Wildman–Crippen LogP) is 3.11. The summed E-state index contributed by atoms with van der Waals surface area (Å²) in [6, 6.07) is 6.81. The van der Waals surface area contributed by atoms with Gasteiger partial charge in [0.05, 0.1) is 12.1 Å². The molecule has 0 radical (unpaired) electrons. The highest BCUT2D eigenvalue weighted by Crippen LogP contribution is 2.28. The Morgan fingerprint density at radius 1 is 1.38 bits per heavy atom. The van der Waals surface area contributed by atoms with Crippen LogP contribution in [0.2, 0.25) is 0 Å². The molecule has 4 heteroatoms. The van der Waals surface area contributed by atoms with E-state index in [0.29, 0.717) is 5.56 Å². The number of ether oxygens (including phenoxy) is 1. The summed E-state index contributed by atoms with van der Waals surface area (Å²) in [5, 5.41) is 0. The van der Waals surface area contributed by atoms with Crippen LogP contribution in [-0.4, -0.2) is 36.7 Å². The van der Waals surface area contributed by atoms with Gasteiger partial charge in [0, 0.05) is 24.8 Å². The van der Waals surface area contributed by atoms with E-state index in [1.807, 2.05) is 12.1 Å². The Hall–Kier alpha value is -0.970. The lowest BCUT2D eigenvalue weighted by Gasteiger charge is -2.36. The largest absolute Gasteiger partial charge is 0.377 e. The molecule has 1 heterocycles. The molecule has 3 nitrogen and oxygen atoms in total. The second-order valence-corrected chi connectivity index (χ2v) is 5.76. The molecule has 0 aromatic heterocycles. The Morgan fingerprint density at radius 3 is 2.71 bits per heavy atom. The summed E-state index contributed by atoms with van der Waals surface area (Å²) in [5.74, 6) is -0.169. The van der Waals surface area contributed by atoms with Crippen LogP contribution in [0.15, 0.2) is 24.3 Å². The standard InChI is InChI=1S/C17H27FN2O/c1-3-16(19)17(14-9-5-6-10-15(14)18)20(4-2)12-13-8-7-11-21-13/h5-6,9-10,13,16-17H,3-4,7-8,11-12,19H2,1-2H3. The monoisotopic (exact) mass is 294 g/mol. The first-order valence-corrected chi connectivity index (χ1v) is 8.03. The molecule has 0 aliphatic carbocycles. The molecule has 3 unspecified atom stereocenters. The smallest absolute Gasteiger partial charge is 0.128 e. The van der Waals surface area contributed by atoms with Gasteiger partial charge in [0.15, 0.2) is 0 Å². The van der Waals surface area contributed by atoms with E-state index in [2.05, 4.69) is 18.7 Å². The van der Waals surface area contributed by atoms with E-state index in [1.165, 1.54) is 6.07 Å². The highest BCUT2D eigenvalue weighted by atomic mass is 19.1. The molecular weight excluding hydrogens is 267 g/mol. The Morgan fingerprint density at radius 2 is 2.14 bits per heavy atom. The van der Waals surface area contributed by atoms with Crippen LogP contribution in [0.4, 0.5) is 4.39 Å². The Labute approximate surface area is 127 Å². The maximum Gasteiger partial charge on any atom is 0.128 e. The van der Waals surface area contributed by atoms with Crippen LogP contribution >= 0.6 is 0 Å². The van der Waals surface area contributed by atoms with Crippen molar-refractivity contribution in [3.8, 4) is 0 Å². The molecule has 1 aromatic carbocycles. The van der Waals surface area contributed by atoms with Gasteiger partial charge in [0.25, 0.3) is 0 Å². The molecule has 1 aliphatic rings. The van der Waals surface area contributed by atoms with Crippen molar-refractivity contribution in [2.45, 2.75) is 51.3 Å². The Bertz CT molecular complexity index is 435. The summed E-state index contributed by atoms with van der Waals surface area (Å²) >= 11 is 0. The number of hydrogen-bond acceptors (Lipinski definition) is 3. The fourth-order valence-electron chi connectivity index (χ4n) is 3.13. The molecule has 2 rings (SSSR count). The lowest BCUT2D eigenvalue weighted by Crippen LogP contribution is -2.44. The van der Waals surface area contributed by atoms with Gasteiger partial charge in [-0.15, -0.1) is 0 Å². The highest BCUT2D eigenvalue weighted by Gasteiger charge is 2.29. The van der Waals surface area contributed by atoms with Crippen LogP contribution < -0.4 is 5.73 Å². The SMILES string of the molecule is CCC(N)C(c1ccccc1F)N(CC)CC1CCCO1. The van der Waals surface area contributed by atoms with Gasteiger partial charge in [0.2, 0.25) is 0 Å². The molecule has 0 saturated carbocycles. The summed E-state index contributed by atoms with van der Waals surface area (Å²) in [7, 11) is 0. The maximum absolute atomic E-state index is 14.2. The van der Waals surface area contributed by atoms with Crippen molar-refractivity contribution in [1.29, 1.82) is 0 Å². The molecule has 3 atom stereocenters. The van der Waals surface area contributed by atoms with Crippen molar-refractivity contribution in [2.75, 3.05) is 19.7 Å². The van der Waals surface area contributed by atoms with E-state index >= 15 is 0 Å². The minimum absolute atomic E-state index is 0.0803. The van der Waals surface area contributed by atoms with E-state index in [-0.39, 0.29) is 24.0 Å². The van der Waals surface area contributed by atoms with Gasteiger partial charge in [-0.2, -0.15) is 0 Å². The molecule has 0 bridgehead atoms. The summed E-state index contributed by atoms with van der Waals surface area (Å²) in [6.45, 7) is 6.66. The van der Waals surface area contributed by atoms with Crippen molar-refractivity contribution >= 4 is 0 Å². The zero-order valence-electron chi connectivity index (χ0n) is 13.1. The summed E-state index contributed by atoms with van der Waals surface area (Å²) in [4.78, 5) is 2.27. The quantitative estimate of drug-likeness (QED) is 0.840. The van der Waals surface area contributed by atoms with E-state index in [9.17, 15) is 4.39 Å². The van der Waals surface area contributed by atoms with Crippen LogP contribution in [0, 0.1) is 5.82 Å². The number of halogens is 1. The van der Waals surface area contributed by atoms with Crippen LogP contribution in [0.1, 0.15) is 44.7 Å². The number of rotatable bonds is 7. The number of hydrogen-bond donors (Lipinski definition) is 1. The van der Waals surface area contributed by atoms with Crippen molar-refractivity contribution in [3.63, 3.8) is 0 Å². The number of likely N-dealkylation sites (N-methyl/N-ethyl adjacent to an activating group) is 1. The molecular formula is C17H27FN2O. The van der Waals surface area contributed by atoms with Crippen LogP contribution in [0.25, 0.3) is 0 Å². The fourth-order valence-corrected chi connectivity index (χ4v) is 3.13. The third-order valence-corrected chi connectivity index (χ3v) is 4.36. The van der Waals surface area contributed by atoms with Crippen LogP contribution in [0.3, 0.4) is 0 Å². The van der Waals surface area contributed by atoms with Gasteiger partial charge < -0.3 is 10.5 Å². The zero-order chi connectivity index (χ0) is 15.2. The molecule has 118 valence electrons. The van der Waals surface area contributed by atoms with E-state index in [0.717, 1.165) is 39.0 Å². The molecule has 1 fully saturated rings. The first-order chi connectivity index (χ1) is 10.2. The molecule has 1 aromatic rings. The maximum atomic E-state index is 14.2. The first kappa shape index (κ1) is 16.4. The summed E-state index contributed by atoms with van der Waals surface area (Å²) in [6.07, 6.45) is 3.28. The molecule has 0 amide bonds. The van der Waals surface area contributed by atoms with Gasteiger partial charge in [0.1, 0.15) is 5.82 Å². The van der Waals surface area contributed by atoms with Gasteiger partial charge in [-0.05, 0) is 31.9 Å². The topological polar surface area (TPSA) is 38.5 Å². The molecule has 1 saturated heterocycles. The minimum atomic E-state index is -0.169. The normalized spacial score (nSPS) is 21.7. The fraction of sp³-hybridized carbons (Fsp3) is 0.647.